The van der Waals surface area contributed by atoms with E-state index >= 15 is 0 Å². The van der Waals surface area contributed by atoms with E-state index in [1.165, 1.54) is 11.1 Å². The summed E-state index contributed by atoms with van der Waals surface area (Å²) in [5, 5.41) is 10.7. The Morgan fingerprint density at radius 1 is 1.15 bits per heavy atom. The van der Waals surface area contributed by atoms with Crippen LogP contribution < -0.4 is 10.6 Å². The molecule has 0 amide bonds. The highest BCUT2D eigenvalue weighted by Crippen LogP contribution is 2.09. The Morgan fingerprint density at radius 2 is 1.89 bits per heavy atom. The fraction of sp³-hybridized carbons (Fsp3) is 0.526. The van der Waals surface area contributed by atoms with Crippen LogP contribution in [0.2, 0.25) is 0 Å². The van der Waals surface area contributed by atoms with Crippen molar-refractivity contribution >= 4 is 29.9 Å². The van der Waals surface area contributed by atoms with Crippen molar-refractivity contribution in [3.8, 4) is 0 Å². The zero-order valence-corrected chi connectivity index (χ0v) is 19.1. The van der Waals surface area contributed by atoms with E-state index in [1.807, 2.05) is 7.05 Å². The Balaban J connectivity index is 0.00000364. The van der Waals surface area contributed by atoms with Gasteiger partial charge in [0.15, 0.2) is 5.96 Å². The van der Waals surface area contributed by atoms with Gasteiger partial charge < -0.3 is 10.6 Å². The summed E-state index contributed by atoms with van der Waals surface area (Å²) in [5.41, 5.74) is 2.55. The summed E-state index contributed by atoms with van der Waals surface area (Å²) in [6.45, 7) is 11.6. The first-order chi connectivity index (χ1) is 12.7. The van der Waals surface area contributed by atoms with E-state index in [0.717, 1.165) is 38.0 Å². The number of hydrogen-bond acceptors (Lipinski definition) is 4. The van der Waals surface area contributed by atoms with Gasteiger partial charge in [-0.15, -0.1) is 24.0 Å². The van der Waals surface area contributed by atoms with Crippen LogP contribution >= 0.6 is 24.0 Å². The van der Waals surface area contributed by atoms with Crippen LogP contribution in [-0.2, 0) is 26.7 Å². The van der Waals surface area contributed by atoms with Crippen LogP contribution in [0.4, 0.5) is 0 Å². The predicted molar refractivity (Wildman–Crippen MR) is 121 cm³/mol. The van der Waals surface area contributed by atoms with Crippen LogP contribution in [-0.4, -0.2) is 45.3 Å². The molecule has 0 atom stereocenters. The summed E-state index contributed by atoms with van der Waals surface area (Å²) in [6, 6.07) is 8.67. The van der Waals surface area contributed by atoms with Gasteiger partial charge in [-0.1, -0.05) is 38.1 Å². The molecule has 0 aliphatic heterocycles. The predicted octanol–water partition coefficient (Wildman–Crippen LogP) is 2.53. The highest BCUT2D eigenvalue weighted by atomic mass is 127. The van der Waals surface area contributed by atoms with E-state index in [2.05, 4.69) is 70.7 Å². The average molecular weight is 485 g/mol. The van der Waals surface area contributed by atoms with E-state index in [9.17, 15) is 0 Å². The molecular weight excluding hydrogens is 453 g/mol. The molecule has 1 aromatic carbocycles. The lowest BCUT2D eigenvalue weighted by molar-refractivity contribution is 0.296. The van der Waals surface area contributed by atoms with Gasteiger partial charge >= 0.3 is 0 Å². The third kappa shape index (κ3) is 7.84. The molecule has 0 saturated heterocycles. The van der Waals surface area contributed by atoms with E-state index in [-0.39, 0.29) is 24.0 Å². The number of aliphatic imine (C=N–C) groups is 1. The minimum Gasteiger partial charge on any atom is -0.357 e. The maximum absolute atomic E-state index is 4.70. The van der Waals surface area contributed by atoms with Crippen LogP contribution in [0.1, 0.15) is 37.7 Å². The summed E-state index contributed by atoms with van der Waals surface area (Å²) in [5.74, 6) is 1.65. The first kappa shape index (κ1) is 23.4. The van der Waals surface area contributed by atoms with Crippen molar-refractivity contribution in [1.82, 2.24) is 30.3 Å². The summed E-state index contributed by atoms with van der Waals surface area (Å²) >= 11 is 0. The van der Waals surface area contributed by atoms with Gasteiger partial charge in [0, 0.05) is 20.1 Å². The van der Waals surface area contributed by atoms with Crippen LogP contribution in [0.15, 0.2) is 35.6 Å². The zero-order chi connectivity index (χ0) is 18.8. The summed E-state index contributed by atoms with van der Waals surface area (Å²) in [7, 11) is 1.88. The van der Waals surface area contributed by atoms with E-state index in [0.29, 0.717) is 13.1 Å². The van der Waals surface area contributed by atoms with Crippen molar-refractivity contribution in [2.75, 3.05) is 19.6 Å². The number of nitrogens with zero attached hydrogens (tertiary/aromatic N) is 5. The fourth-order valence-corrected chi connectivity index (χ4v) is 2.69. The van der Waals surface area contributed by atoms with Crippen molar-refractivity contribution in [3.05, 3.63) is 47.5 Å². The normalized spacial score (nSPS) is 11.4. The molecule has 0 saturated carbocycles. The number of hydrogen-bond donors (Lipinski definition) is 2. The molecule has 1 aromatic heterocycles. The first-order valence-corrected chi connectivity index (χ1v) is 9.31. The molecule has 2 N–H and O–H groups in total. The van der Waals surface area contributed by atoms with E-state index < -0.39 is 0 Å². The number of guanidine groups is 1. The van der Waals surface area contributed by atoms with Crippen molar-refractivity contribution in [1.29, 1.82) is 0 Å². The van der Waals surface area contributed by atoms with Gasteiger partial charge in [-0.25, -0.2) is 9.98 Å². The van der Waals surface area contributed by atoms with Gasteiger partial charge in [-0.2, -0.15) is 5.10 Å². The Labute approximate surface area is 179 Å². The molecule has 8 heteroatoms. The fourth-order valence-electron chi connectivity index (χ4n) is 2.69. The molecule has 7 nitrogen and oxygen atoms in total. The minimum absolute atomic E-state index is 0. The number of nitrogens with one attached hydrogen (secondary N) is 2. The summed E-state index contributed by atoms with van der Waals surface area (Å²) < 4.78 is 1.76. The molecule has 2 aromatic rings. The molecule has 1 heterocycles. The smallest absolute Gasteiger partial charge is 0.191 e. The second-order valence-corrected chi connectivity index (χ2v) is 6.13. The molecule has 150 valence electrons. The Hall–Kier alpha value is -1.68. The number of aryl methyl sites for hydroxylation is 1. The largest absolute Gasteiger partial charge is 0.357 e. The minimum atomic E-state index is 0. The topological polar surface area (TPSA) is 70.4 Å². The molecule has 0 unspecified atom stereocenters. The van der Waals surface area contributed by atoms with Crippen LogP contribution in [0.5, 0.6) is 0 Å². The Kier molecular flexibility index (Phi) is 11.0. The SMILES string of the molecule is CCNC(=NCc1cccc(CN(CC)CC)c1)NCc1ncnn1C.I. The highest BCUT2D eigenvalue weighted by molar-refractivity contribution is 14.0. The molecule has 0 spiro atoms. The van der Waals surface area contributed by atoms with Crippen molar-refractivity contribution in [3.63, 3.8) is 0 Å². The third-order valence-corrected chi connectivity index (χ3v) is 4.28. The van der Waals surface area contributed by atoms with E-state index in [1.54, 1.807) is 11.0 Å². The lowest BCUT2D eigenvalue weighted by atomic mass is 10.1. The lowest BCUT2D eigenvalue weighted by Gasteiger charge is -2.18. The number of aromatic nitrogens is 3. The quantitative estimate of drug-likeness (QED) is 0.325. The molecule has 0 aliphatic carbocycles. The Bertz CT molecular complexity index is 695. The maximum atomic E-state index is 4.70. The molecule has 27 heavy (non-hydrogen) atoms. The second-order valence-electron chi connectivity index (χ2n) is 6.13. The van der Waals surface area contributed by atoms with Gasteiger partial charge in [0.2, 0.25) is 0 Å². The van der Waals surface area contributed by atoms with Gasteiger partial charge in [-0.05, 0) is 31.1 Å². The van der Waals surface area contributed by atoms with Crippen LogP contribution in [0.3, 0.4) is 0 Å². The van der Waals surface area contributed by atoms with Gasteiger partial charge in [0.1, 0.15) is 12.2 Å². The Morgan fingerprint density at radius 3 is 2.52 bits per heavy atom. The standard InChI is InChI=1S/C19H31N7.HI/c1-5-20-19(22-13-18-23-15-24-25(18)4)21-12-16-9-8-10-17(11-16)14-26(6-2)7-3;/h8-11,15H,5-7,12-14H2,1-4H3,(H2,20,21,22);1H. The maximum Gasteiger partial charge on any atom is 0.191 e. The molecule has 0 aliphatic rings. The lowest BCUT2D eigenvalue weighted by Crippen LogP contribution is -2.37. The van der Waals surface area contributed by atoms with Crippen molar-refractivity contribution in [2.45, 2.75) is 40.4 Å². The molecule has 0 fully saturated rings. The van der Waals surface area contributed by atoms with Gasteiger partial charge in [-0.3, -0.25) is 9.58 Å². The third-order valence-electron chi connectivity index (χ3n) is 4.28. The zero-order valence-electron chi connectivity index (χ0n) is 16.8. The van der Waals surface area contributed by atoms with Gasteiger partial charge in [0.05, 0.1) is 13.1 Å². The van der Waals surface area contributed by atoms with Crippen molar-refractivity contribution in [2.24, 2.45) is 12.0 Å². The molecular formula is C19H32IN7. The highest BCUT2D eigenvalue weighted by Gasteiger charge is 2.04. The monoisotopic (exact) mass is 485 g/mol. The first-order valence-electron chi connectivity index (χ1n) is 9.31. The summed E-state index contributed by atoms with van der Waals surface area (Å²) in [4.78, 5) is 11.3. The number of benzene rings is 1. The van der Waals surface area contributed by atoms with Gasteiger partial charge in [0.25, 0.3) is 0 Å². The number of halogens is 1. The number of rotatable bonds is 9. The molecule has 0 radical (unpaired) electrons. The van der Waals surface area contributed by atoms with Crippen LogP contribution in [0.25, 0.3) is 0 Å². The molecule has 2 rings (SSSR count). The second kappa shape index (κ2) is 12.7. The average Bonchev–Trinajstić information content (AvgIpc) is 3.07. The van der Waals surface area contributed by atoms with E-state index in [4.69, 9.17) is 4.99 Å². The molecule has 0 bridgehead atoms. The van der Waals surface area contributed by atoms with Crippen LogP contribution in [0, 0.1) is 0 Å². The van der Waals surface area contributed by atoms with Crippen molar-refractivity contribution < 1.29 is 0 Å². The summed E-state index contributed by atoms with van der Waals surface area (Å²) in [6.07, 6.45) is 1.56.